The van der Waals surface area contributed by atoms with Crippen molar-refractivity contribution in [3.05, 3.63) is 54.5 Å². The van der Waals surface area contributed by atoms with Gasteiger partial charge in [0, 0.05) is 0 Å². The molecule has 5 rings (SSSR count). The number of alkyl halides is 3. The first-order valence-corrected chi connectivity index (χ1v) is 15.9. The van der Waals surface area contributed by atoms with E-state index in [0.717, 1.165) is 0 Å². The molecule has 2 aromatic heterocycles. The van der Waals surface area contributed by atoms with Crippen molar-refractivity contribution in [1.29, 1.82) is 0 Å². The molecule has 0 spiro atoms. The van der Waals surface area contributed by atoms with Gasteiger partial charge in [-0.1, -0.05) is 18.2 Å². The highest BCUT2D eigenvalue weighted by Gasteiger charge is 2.54. The van der Waals surface area contributed by atoms with Crippen LogP contribution in [0.15, 0.2) is 48.8 Å². The molecule has 5 N–H and O–H groups in total. The number of para-hydroxylation sites is 1. The fourth-order valence-electron chi connectivity index (χ4n) is 5.49. The Morgan fingerprint density at radius 1 is 1.20 bits per heavy atom. The Bertz CT molecular complexity index is 1540. The van der Waals surface area contributed by atoms with E-state index in [1.807, 2.05) is 0 Å². The van der Waals surface area contributed by atoms with Crippen LogP contribution in [0.2, 0.25) is 0 Å². The van der Waals surface area contributed by atoms with Crippen molar-refractivity contribution in [2.45, 2.75) is 81.8 Å². The topological polar surface area (TPSA) is 180 Å². The van der Waals surface area contributed by atoms with Gasteiger partial charge in [-0.25, -0.2) is 14.1 Å². The highest BCUT2D eigenvalue weighted by molar-refractivity contribution is 7.52. The van der Waals surface area contributed by atoms with Gasteiger partial charge < -0.3 is 29.9 Å². The van der Waals surface area contributed by atoms with Crippen LogP contribution in [0.5, 0.6) is 5.75 Å². The normalized spacial score (nSPS) is 29.3. The Labute approximate surface area is 256 Å². The summed E-state index contributed by atoms with van der Waals surface area (Å²) in [5.41, 5.74) is 5.12. The summed E-state index contributed by atoms with van der Waals surface area (Å²) in [5, 5.41) is 28.6. The Morgan fingerprint density at radius 3 is 2.56 bits per heavy atom. The van der Waals surface area contributed by atoms with Crippen molar-refractivity contribution >= 4 is 25.1 Å². The van der Waals surface area contributed by atoms with Gasteiger partial charge in [-0.05, 0) is 63.8 Å². The molecule has 17 heteroatoms. The lowest BCUT2D eigenvalue weighted by Gasteiger charge is -2.31. The van der Waals surface area contributed by atoms with E-state index >= 15 is 0 Å². The number of carbonyl (C=O) groups is 1. The minimum Gasteiger partial charge on any atom is -0.461 e. The molecule has 0 radical (unpaired) electrons. The van der Waals surface area contributed by atoms with Gasteiger partial charge in [0.05, 0.1) is 18.2 Å². The van der Waals surface area contributed by atoms with Gasteiger partial charge in [-0.2, -0.15) is 23.4 Å². The van der Waals surface area contributed by atoms with Crippen LogP contribution in [0.25, 0.3) is 5.52 Å². The average Bonchev–Trinajstić information content (AvgIpc) is 3.52. The molecule has 0 bridgehead atoms. The number of hydrogen-bond acceptors (Lipinski definition) is 11. The fraction of sp³-hybridized carbons (Fsp3) is 0.536. The molecule has 0 unspecified atom stereocenters. The van der Waals surface area contributed by atoms with Gasteiger partial charge in [0.15, 0.2) is 5.82 Å². The number of hydrogen-bond donors (Lipinski definition) is 4. The number of carbonyl (C=O) groups excluding carboxylic acids is 1. The number of nitrogens with zero attached hydrogens (tertiary/aromatic N) is 3. The lowest BCUT2D eigenvalue weighted by molar-refractivity contribution is -0.188. The van der Waals surface area contributed by atoms with E-state index in [4.69, 9.17) is 24.3 Å². The van der Waals surface area contributed by atoms with E-state index in [9.17, 15) is 32.7 Å². The van der Waals surface area contributed by atoms with Crippen LogP contribution >= 0.6 is 7.75 Å². The molecular weight excluding hydrogens is 622 g/mol. The van der Waals surface area contributed by atoms with Gasteiger partial charge in [0.1, 0.15) is 53.7 Å². The monoisotopic (exact) mass is 657 g/mol. The van der Waals surface area contributed by atoms with Crippen LogP contribution in [-0.2, 0) is 23.4 Å². The van der Waals surface area contributed by atoms with Gasteiger partial charge >= 0.3 is 19.9 Å². The molecule has 3 heterocycles. The number of anilines is 1. The quantitative estimate of drug-likeness (QED) is 0.184. The number of nitrogen functional groups attached to an aromatic ring is 1. The van der Waals surface area contributed by atoms with Crippen LogP contribution in [0.3, 0.4) is 0 Å². The molecular formula is C28H35F3N5O8P. The molecule has 6 atom stereocenters. The molecule has 2 fully saturated rings. The average molecular weight is 658 g/mol. The summed E-state index contributed by atoms with van der Waals surface area (Å²) in [4.78, 5) is 16.8. The number of nitrogens with two attached hydrogens (primary N) is 1. The van der Waals surface area contributed by atoms with Crippen molar-refractivity contribution in [2.24, 2.45) is 5.92 Å². The maximum Gasteiger partial charge on any atom is 0.459 e. The molecule has 1 saturated heterocycles. The zero-order chi connectivity index (χ0) is 32.6. The molecule has 1 aliphatic heterocycles. The van der Waals surface area contributed by atoms with E-state index < -0.39 is 68.5 Å². The van der Waals surface area contributed by atoms with Gasteiger partial charge in [-0.15, -0.1) is 0 Å². The Morgan fingerprint density at radius 2 is 1.89 bits per heavy atom. The highest BCUT2D eigenvalue weighted by Crippen LogP contribution is 2.48. The Balaban J connectivity index is 1.28. The molecule has 246 valence electrons. The van der Waals surface area contributed by atoms with Crippen molar-refractivity contribution in [3.63, 3.8) is 0 Å². The van der Waals surface area contributed by atoms with Crippen molar-refractivity contribution in [3.8, 4) is 5.75 Å². The molecule has 1 aliphatic carbocycles. The van der Waals surface area contributed by atoms with Crippen molar-refractivity contribution in [2.75, 3.05) is 12.3 Å². The van der Waals surface area contributed by atoms with E-state index in [0.29, 0.717) is 11.2 Å². The number of rotatable bonds is 10. The minimum absolute atomic E-state index is 0.0456. The predicted octanol–water partition coefficient (Wildman–Crippen LogP) is 3.71. The van der Waals surface area contributed by atoms with E-state index in [2.05, 4.69) is 15.2 Å². The zero-order valence-electron chi connectivity index (χ0n) is 24.5. The van der Waals surface area contributed by atoms with Crippen molar-refractivity contribution < 1.29 is 51.3 Å². The summed E-state index contributed by atoms with van der Waals surface area (Å²) in [6, 6.07) is 9.94. The predicted molar refractivity (Wildman–Crippen MR) is 153 cm³/mol. The summed E-state index contributed by atoms with van der Waals surface area (Å²) in [6.45, 7) is 2.23. The molecule has 3 aromatic rings. The largest absolute Gasteiger partial charge is 0.461 e. The third kappa shape index (κ3) is 7.26. The first kappa shape index (κ1) is 33.1. The molecule has 1 aromatic carbocycles. The maximum atomic E-state index is 14.0. The second kappa shape index (κ2) is 12.9. The number of aliphatic hydroxyl groups excluding tert-OH is 2. The number of aliphatic hydroxyl groups is 2. The SMILES string of the molecule is C[C@H](N[P@](=O)(OC[C@@]1(C)O[C@@H](c2ccc3c(N)ncnn23)[C@H](O)[C@@H]1O)Oc1ccccc1)C(=O)O[C@H]1CC[C@@H](C(F)(F)F)CC1. The van der Waals surface area contributed by atoms with Crippen LogP contribution in [0.1, 0.15) is 51.3 Å². The number of fused-ring (bicyclic) bond motifs is 1. The third-order valence-corrected chi connectivity index (χ3v) is 9.70. The Hall–Kier alpha value is -3.27. The molecule has 2 aliphatic rings. The lowest BCUT2D eigenvalue weighted by atomic mass is 9.87. The molecule has 45 heavy (non-hydrogen) atoms. The summed E-state index contributed by atoms with van der Waals surface area (Å²) in [7, 11) is -4.42. The fourth-order valence-corrected chi connectivity index (χ4v) is 7.07. The number of esters is 1. The smallest absolute Gasteiger partial charge is 0.459 e. The number of nitrogens with one attached hydrogen (secondary N) is 1. The van der Waals surface area contributed by atoms with E-state index in [1.165, 1.54) is 36.8 Å². The van der Waals surface area contributed by atoms with Crippen LogP contribution < -0.4 is 15.3 Å². The lowest BCUT2D eigenvalue weighted by Crippen LogP contribution is -2.45. The third-order valence-electron chi connectivity index (χ3n) is 8.07. The zero-order valence-corrected chi connectivity index (χ0v) is 25.4. The van der Waals surface area contributed by atoms with Gasteiger partial charge in [-0.3, -0.25) is 9.32 Å². The second-order valence-electron chi connectivity index (χ2n) is 11.5. The number of benzene rings is 1. The number of ether oxygens (including phenoxy) is 2. The molecule has 0 amide bonds. The van der Waals surface area contributed by atoms with Crippen LogP contribution in [0.4, 0.5) is 19.0 Å². The number of aromatic nitrogens is 3. The first-order chi connectivity index (χ1) is 21.2. The summed E-state index contributed by atoms with van der Waals surface area (Å²) >= 11 is 0. The number of halogens is 3. The Kier molecular flexibility index (Phi) is 9.45. The summed E-state index contributed by atoms with van der Waals surface area (Å²) in [5.74, 6) is -1.97. The van der Waals surface area contributed by atoms with E-state index in [-0.39, 0.29) is 37.3 Å². The van der Waals surface area contributed by atoms with E-state index in [1.54, 1.807) is 30.3 Å². The highest BCUT2D eigenvalue weighted by atomic mass is 31.2. The van der Waals surface area contributed by atoms with Gasteiger partial charge in [0.2, 0.25) is 0 Å². The minimum atomic E-state index is -4.42. The van der Waals surface area contributed by atoms with Gasteiger partial charge in [0.25, 0.3) is 0 Å². The van der Waals surface area contributed by atoms with Crippen molar-refractivity contribution in [1.82, 2.24) is 19.7 Å². The summed E-state index contributed by atoms with van der Waals surface area (Å²) in [6.07, 6.45) is -8.07. The standard InChI is InChI=1S/C28H35F3N5O8P/c1-16(26(39)42-18-10-8-17(9-11-18)28(29,30)31)35-45(40,44-19-6-4-3-5-7-19)41-14-27(2)24(38)22(37)23(43-27)20-12-13-21-25(32)33-15-34-36(20)21/h3-7,12-13,15-18,22-24,37-38H,8-11,14H2,1-2H3,(H,35,40)(H2,32,33,34)/t16-,17-,18+,22-,23-,24-,27+,45-/m0/s1. The second-order valence-corrected chi connectivity index (χ2v) is 13.2. The maximum absolute atomic E-state index is 14.0. The first-order valence-electron chi connectivity index (χ1n) is 14.4. The van der Waals surface area contributed by atoms with Crippen LogP contribution in [-0.4, -0.2) is 73.5 Å². The molecule has 1 saturated carbocycles. The molecule has 13 nitrogen and oxygen atoms in total. The van der Waals surface area contributed by atoms with Crippen LogP contribution in [0, 0.1) is 5.92 Å². The summed E-state index contributed by atoms with van der Waals surface area (Å²) < 4.78 is 77.4.